The van der Waals surface area contributed by atoms with E-state index in [1.807, 2.05) is 11.4 Å². The highest BCUT2D eigenvalue weighted by Crippen LogP contribution is 2.23. The van der Waals surface area contributed by atoms with Crippen LogP contribution in [0.2, 0.25) is 0 Å². The van der Waals surface area contributed by atoms with E-state index in [1.165, 1.54) is 18.7 Å². The molecule has 0 aliphatic carbocycles. The maximum atomic E-state index is 12.1. The predicted octanol–water partition coefficient (Wildman–Crippen LogP) is 1.76. The van der Waals surface area contributed by atoms with Gasteiger partial charge < -0.3 is 10.0 Å². The van der Waals surface area contributed by atoms with Crippen LogP contribution in [0, 0.1) is 0 Å². The van der Waals surface area contributed by atoms with Gasteiger partial charge in [-0.2, -0.15) is 0 Å². The van der Waals surface area contributed by atoms with Gasteiger partial charge in [-0.05, 0) is 37.3 Å². The first-order valence-corrected chi connectivity index (χ1v) is 7.34. The molecule has 1 aromatic rings. The average molecular weight is 308 g/mol. The first-order chi connectivity index (χ1) is 9.90. The molecule has 1 aliphatic heterocycles. The van der Waals surface area contributed by atoms with Crippen LogP contribution in [0.3, 0.4) is 0 Å². The Hall–Kier alpha value is -2.15. The van der Waals surface area contributed by atoms with Gasteiger partial charge in [0.2, 0.25) is 0 Å². The maximum absolute atomic E-state index is 12.1. The van der Waals surface area contributed by atoms with Crippen molar-refractivity contribution in [2.75, 3.05) is 6.54 Å². The molecule has 2 rings (SSSR count). The number of nitrogens with one attached hydrogen (secondary N) is 1. The molecule has 0 aromatic carbocycles. The maximum Gasteiger partial charge on any atom is 0.331 e. The zero-order valence-corrected chi connectivity index (χ0v) is 12.6. The number of rotatable bonds is 2. The Kier molecular flexibility index (Phi) is 4.42. The number of urea groups is 1. The van der Waals surface area contributed by atoms with Crippen molar-refractivity contribution in [2.45, 2.75) is 26.8 Å². The largest absolute Gasteiger partial charge is 0.478 e. The van der Waals surface area contributed by atoms with Gasteiger partial charge in [0.15, 0.2) is 0 Å². The lowest BCUT2D eigenvalue weighted by Gasteiger charge is -2.26. The first kappa shape index (κ1) is 15.2. The predicted molar refractivity (Wildman–Crippen MR) is 78.0 cm³/mol. The zero-order chi connectivity index (χ0) is 15.6. The normalized spacial score (nSPS) is 15.0. The molecule has 112 valence electrons. The van der Waals surface area contributed by atoms with Crippen LogP contribution in [0.15, 0.2) is 22.6 Å². The Bertz CT molecular complexity index is 633. The van der Waals surface area contributed by atoms with Gasteiger partial charge in [-0.25, -0.2) is 9.59 Å². The summed E-state index contributed by atoms with van der Waals surface area (Å²) in [6.07, 6.45) is 0.775. The van der Waals surface area contributed by atoms with Crippen molar-refractivity contribution >= 4 is 29.2 Å². The highest BCUT2D eigenvalue weighted by Gasteiger charge is 2.23. The number of carboxylic acid groups (broad SMARTS) is 1. The third-order valence-corrected chi connectivity index (χ3v) is 4.56. The molecule has 3 amide bonds. The van der Waals surface area contributed by atoms with Crippen molar-refractivity contribution in [3.63, 3.8) is 0 Å². The van der Waals surface area contributed by atoms with Crippen LogP contribution < -0.4 is 5.32 Å². The second kappa shape index (κ2) is 6.09. The van der Waals surface area contributed by atoms with Crippen molar-refractivity contribution < 1.29 is 19.5 Å². The number of imide groups is 1. The number of hydrogen-bond donors (Lipinski definition) is 2. The summed E-state index contributed by atoms with van der Waals surface area (Å²) in [5.74, 6) is -1.84. The Morgan fingerprint density at radius 3 is 2.67 bits per heavy atom. The quantitative estimate of drug-likeness (QED) is 0.815. The van der Waals surface area contributed by atoms with E-state index < -0.39 is 17.9 Å². The first-order valence-electron chi connectivity index (χ1n) is 6.46. The molecule has 0 saturated carbocycles. The molecular formula is C14H16N2O4S. The third-order valence-electron chi connectivity index (χ3n) is 3.54. The van der Waals surface area contributed by atoms with E-state index in [0.29, 0.717) is 13.1 Å². The van der Waals surface area contributed by atoms with Crippen molar-refractivity contribution in [2.24, 2.45) is 0 Å². The van der Waals surface area contributed by atoms with E-state index in [9.17, 15) is 14.4 Å². The minimum absolute atomic E-state index is 0.0316. The molecule has 0 atom stereocenters. The summed E-state index contributed by atoms with van der Waals surface area (Å²) < 4.78 is 0. The van der Waals surface area contributed by atoms with Crippen LogP contribution in [-0.2, 0) is 22.6 Å². The molecule has 1 aliphatic rings. The third kappa shape index (κ3) is 3.30. The number of nitrogens with zero attached hydrogens (tertiary/aromatic N) is 1. The topological polar surface area (TPSA) is 86.7 Å². The van der Waals surface area contributed by atoms with Crippen LogP contribution in [0.25, 0.3) is 0 Å². The van der Waals surface area contributed by atoms with Crippen LogP contribution in [0.5, 0.6) is 0 Å². The van der Waals surface area contributed by atoms with Gasteiger partial charge in [0.05, 0.1) is 0 Å². The number of aliphatic carboxylic acids is 1. The number of carbonyl (C=O) groups excluding carboxylic acids is 2. The van der Waals surface area contributed by atoms with Gasteiger partial charge in [-0.3, -0.25) is 10.1 Å². The highest BCUT2D eigenvalue weighted by atomic mass is 32.1. The Morgan fingerprint density at radius 1 is 1.29 bits per heavy atom. The van der Waals surface area contributed by atoms with E-state index >= 15 is 0 Å². The summed E-state index contributed by atoms with van der Waals surface area (Å²) in [4.78, 5) is 37.6. The number of hydrogen-bond acceptors (Lipinski definition) is 4. The van der Waals surface area contributed by atoms with E-state index in [-0.39, 0.29) is 11.1 Å². The van der Waals surface area contributed by atoms with Gasteiger partial charge in [0, 0.05) is 29.1 Å². The minimum Gasteiger partial charge on any atom is -0.478 e. The summed E-state index contributed by atoms with van der Waals surface area (Å²) in [5, 5.41) is 13.1. The molecule has 6 nitrogen and oxygen atoms in total. The Balaban J connectivity index is 2.01. The zero-order valence-electron chi connectivity index (χ0n) is 11.8. The second-order valence-corrected chi connectivity index (χ2v) is 5.86. The summed E-state index contributed by atoms with van der Waals surface area (Å²) in [6.45, 7) is 3.74. The Morgan fingerprint density at radius 2 is 2.00 bits per heavy atom. The lowest BCUT2D eigenvalue weighted by Crippen LogP contribution is -2.45. The molecule has 0 radical (unpaired) electrons. The van der Waals surface area contributed by atoms with Gasteiger partial charge in [-0.15, -0.1) is 11.3 Å². The molecule has 0 bridgehead atoms. The molecule has 2 N–H and O–H groups in total. The number of amides is 3. The molecule has 21 heavy (non-hydrogen) atoms. The van der Waals surface area contributed by atoms with Crippen LogP contribution >= 0.6 is 11.3 Å². The monoisotopic (exact) mass is 308 g/mol. The van der Waals surface area contributed by atoms with Crippen LogP contribution in [-0.4, -0.2) is 34.5 Å². The van der Waals surface area contributed by atoms with E-state index in [4.69, 9.17) is 5.11 Å². The molecular weight excluding hydrogens is 292 g/mol. The summed E-state index contributed by atoms with van der Waals surface area (Å²) >= 11 is 1.67. The van der Waals surface area contributed by atoms with Crippen molar-refractivity contribution in [1.82, 2.24) is 10.2 Å². The molecule has 0 fully saturated rings. The molecule has 0 spiro atoms. The van der Waals surface area contributed by atoms with E-state index in [1.54, 1.807) is 16.2 Å². The molecule has 0 unspecified atom stereocenters. The highest BCUT2D eigenvalue weighted by molar-refractivity contribution is 7.10. The van der Waals surface area contributed by atoms with Crippen LogP contribution in [0.1, 0.15) is 24.3 Å². The van der Waals surface area contributed by atoms with E-state index in [2.05, 4.69) is 5.32 Å². The lowest BCUT2D eigenvalue weighted by molar-refractivity contribution is -0.133. The molecule has 2 heterocycles. The van der Waals surface area contributed by atoms with Gasteiger partial charge in [0.25, 0.3) is 5.91 Å². The lowest BCUT2D eigenvalue weighted by atomic mass is 10.1. The minimum atomic E-state index is -1.17. The standard InChI is InChI=1S/C14H16N2O4S/c1-8(9(2)13(18)19)12(17)15-14(20)16-5-3-11-10(7-16)4-6-21-11/h4,6H,3,5,7H2,1-2H3,(H,18,19)(H,15,17,20). The fourth-order valence-electron chi connectivity index (χ4n) is 2.02. The van der Waals surface area contributed by atoms with Gasteiger partial charge in [0.1, 0.15) is 0 Å². The Labute approximate surface area is 126 Å². The summed E-state index contributed by atoms with van der Waals surface area (Å²) in [7, 11) is 0. The number of carbonyl (C=O) groups is 3. The number of thiophene rings is 1. The van der Waals surface area contributed by atoms with Crippen LogP contribution in [0.4, 0.5) is 4.79 Å². The molecule has 0 saturated heterocycles. The SMILES string of the molecule is CC(C(=O)O)=C(C)C(=O)NC(=O)N1CCc2sccc2C1. The van der Waals surface area contributed by atoms with Gasteiger partial charge in [-0.1, -0.05) is 0 Å². The second-order valence-electron chi connectivity index (χ2n) is 4.85. The van der Waals surface area contributed by atoms with Gasteiger partial charge >= 0.3 is 12.0 Å². The fraction of sp³-hybridized carbons (Fsp3) is 0.357. The van der Waals surface area contributed by atoms with Crippen molar-refractivity contribution in [3.05, 3.63) is 33.0 Å². The summed E-state index contributed by atoms with van der Waals surface area (Å²) in [5.41, 5.74) is 1.06. The van der Waals surface area contributed by atoms with Crippen molar-refractivity contribution in [3.8, 4) is 0 Å². The average Bonchev–Trinajstić information content (AvgIpc) is 2.92. The molecule has 7 heteroatoms. The summed E-state index contributed by atoms with van der Waals surface area (Å²) in [6, 6.07) is 1.48. The van der Waals surface area contributed by atoms with Crippen molar-refractivity contribution in [1.29, 1.82) is 0 Å². The molecule has 1 aromatic heterocycles. The fourth-order valence-corrected chi connectivity index (χ4v) is 2.91. The number of fused-ring (bicyclic) bond motifs is 1. The smallest absolute Gasteiger partial charge is 0.331 e. The van der Waals surface area contributed by atoms with E-state index in [0.717, 1.165) is 12.0 Å². The number of carboxylic acids is 1.